The summed E-state index contributed by atoms with van der Waals surface area (Å²) >= 11 is 0. The minimum atomic E-state index is -0.401. The summed E-state index contributed by atoms with van der Waals surface area (Å²) in [6.07, 6.45) is 0.197. The van der Waals surface area contributed by atoms with Gasteiger partial charge in [0.25, 0.3) is 5.89 Å². The first kappa shape index (κ1) is 20.6. The topological polar surface area (TPSA) is 88.3 Å². The third kappa shape index (κ3) is 4.39. The van der Waals surface area contributed by atoms with Crippen molar-refractivity contribution >= 4 is 23.2 Å². The molecule has 1 atom stereocenters. The fourth-order valence-corrected chi connectivity index (χ4v) is 3.91. The monoisotopic (exact) mass is 438 g/mol. The largest absolute Gasteiger partial charge is 0.334 e. The van der Waals surface area contributed by atoms with E-state index in [2.05, 4.69) is 15.5 Å². The average molecular weight is 438 g/mol. The van der Waals surface area contributed by atoms with E-state index in [1.165, 1.54) is 0 Å². The molecule has 1 N–H and O–H groups in total. The van der Waals surface area contributed by atoms with Gasteiger partial charge in [0.1, 0.15) is 0 Å². The molecule has 0 radical (unpaired) electrons. The summed E-state index contributed by atoms with van der Waals surface area (Å²) in [6.45, 7) is 2.35. The maximum Gasteiger partial charge on any atom is 0.258 e. The molecule has 2 amide bonds. The first-order valence-electron chi connectivity index (χ1n) is 10.7. The van der Waals surface area contributed by atoms with Crippen LogP contribution < -0.4 is 10.2 Å². The zero-order valence-corrected chi connectivity index (χ0v) is 18.1. The van der Waals surface area contributed by atoms with Crippen molar-refractivity contribution in [1.29, 1.82) is 0 Å². The van der Waals surface area contributed by atoms with Crippen molar-refractivity contribution in [2.45, 2.75) is 13.3 Å². The standard InChI is InChI=1S/C26H22N4O3/c1-17-6-5-9-22(14-17)30-16-20(15-23(30)31)25(32)27-21-12-10-19(11-13-21)26-28-24(29-33-26)18-7-3-2-4-8-18/h2-14,20H,15-16H2,1H3,(H,27,32)/t20-/m0/s1. The molecule has 0 saturated carbocycles. The van der Waals surface area contributed by atoms with Gasteiger partial charge < -0.3 is 14.7 Å². The molecule has 5 rings (SSSR count). The van der Waals surface area contributed by atoms with Crippen LogP contribution in [0, 0.1) is 12.8 Å². The lowest BCUT2D eigenvalue weighted by Gasteiger charge is -2.17. The SMILES string of the molecule is Cc1cccc(N2C[C@@H](C(=O)Nc3ccc(-c4nc(-c5ccccc5)no4)cc3)CC2=O)c1. The summed E-state index contributed by atoms with van der Waals surface area (Å²) < 4.78 is 5.39. The Labute approximate surface area is 191 Å². The number of aromatic nitrogens is 2. The molecule has 7 heteroatoms. The van der Waals surface area contributed by atoms with E-state index in [1.807, 2.05) is 73.7 Å². The van der Waals surface area contributed by atoms with E-state index in [-0.39, 0.29) is 18.2 Å². The van der Waals surface area contributed by atoms with Gasteiger partial charge in [-0.3, -0.25) is 9.59 Å². The van der Waals surface area contributed by atoms with E-state index in [0.29, 0.717) is 23.9 Å². The van der Waals surface area contributed by atoms with Crippen LogP contribution in [0.3, 0.4) is 0 Å². The van der Waals surface area contributed by atoms with Crippen LogP contribution >= 0.6 is 0 Å². The summed E-state index contributed by atoms with van der Waals surface area (Å²) in [4.78, 5) is 31.4. The minimum Gasteiger partial charge on any atom is -0.334 e. The van der Waals surface area contributed by atoms with Gasteiger partial charge in [-0.2, -0.15) is 4.98 Å². The Morgan fingerprint density at radius 2 is 1.79 bits per heavy atom. The highest BCUT2D eigenvalue weighted by molar-refractivity contribution is 6.03. The Morgan fingerprint density at radius 3 is 2.55 bits per heavy atom. The Balaban J connectivity index is 1.24. The summed E-state index contributed by atoms with van der Waals surface area (Å²) in [6, 6.07) is 24.6. The average Bonchev–Trinajstić information content (AvgIpc) is 3.48. The van der Waals surface area contributed by atoms with Crippen molar-refractivity contribution in [1.82, 2.24) is 10.1 Å². The number of anilines is 2. The minimum absolute atomic E-state index is 0.0401. The van der Waals surface area contributed by atoms with Crippen LogP contribution in [0.4, 0.5) is 11.4 Å². The van der Waals surface area contributed by atoms with Crippen molar-refractivity contribution in [3.05, 3.63) is 84.4 Å². The van der Waals surface area contributed by atoms with Crippen molar-refractivity contribution < 1.29 is 14.1 Å². The van der Waals surface area contributed by atoms with E-state index in [4.69, 9.17) is 4.52 Å². The van der Waals surface area contributed by atoms with Crippen molar-refractivity contribution in [3.8, 4) is 22.8 Å². The highest BCUT2D eigenvalue weighted by atomic mass is 16.5. The van der Waals surface area contributed by atoms with Gasteiger partial charge in [-0.15, -0.1) is 0 Å². The second-order valence-electron chi connectivity index (χ2n) is 8.10. The molecule has 1 aliphatic heterocycles. The third-order valence-corrected chi connectivity index (χ3v) is 5.67. The molecule has 33 heavy (non-hydrogen) atoms. The van der Waals surface area contributed by atoms with E-state index < -0.39 is 5.92 Å². The van der Waals surface area contributed by atoms with Crippen LogP contribution in [-0.2, 0) is 9.59 Å². The lowest BCUT2D eigenvalue weighted by molar-refractivity contribution is -0.122. The highest BCUT2D eigenvalue weighted by Crippen LogP contribution is 2.27. The number of hydrogen-bond donors (Lipinski definition) is 1. The molecular weight excluding hydrogens is 416 g/mol. The number of nitrogens with one attached hydrogen (secondary N) is 1. The van der Waals surface area contributed by atoms with Gasteiger partial charge >= 0.3 is 0 Å². The normalized spacial score (nSPS) is 15.6. The number of nitrogens with zero attached hydrogens (tertiary/aromatic N) is 3. The fraction of sp³-hybridized carbons (Fsp3) is 0.154. The molecular formula is C26H22N4O3. The predicted molar refractivity (Wildman–Crippen MR) is 125 cm³/mol. The number of amides is 2. The second kappa shape index (κ2) is 8.70. The van der Waals surface area contributed by atoms with Gasteiger partial charge in [-0.25, -0.2) is 0 Å². The van der Waals surface area contributed by atoms with Crippen LogP contribution in [0.2, 0.25) is 0 Å². The molecule has 1 fully saturated rings. The van der Waals surface area contributed by atoms with E-state index >= 15 is 0 Å². The Hall–Kier alpha value is -4.26. The van der Waals surface area contributed by atoms with Gasteiger partial charge in [0.15, 0.2) is 0 Å². The lowest BCUT2D eigenvalue weighted by Crippen LogP contribution is -2.28. The number of rotatable bonds is 5. The number of benzene rings is 3. The summed E-state index contributed by atoms with van der Waals surface area (Å²) in [7, 11) is 0. The molecule has 0 spiro atoms. The Bertz CT molecular complexity index is 1300. The molecule has 1 aliphatic rings. The first-order chi connectivity index (χ1) is 16.1. The van der Waals surface area contributed by atoms with Gasteiger partial charge in [-0.1, -0.05) is 47.6 Å². The molecule has 7 nitrogen and oxygen atoms in total. The molecule has 2 heterocycles. The number of carbonyl (C=O) groups excluding carboxylic acids is 2. The predicted octanol–water partition coefficient (Wildman–Crippen LogP) is 4.70. The summed E-state index contributed by atoms with van der Waals surface area (Å²) in [5.74, 6) is 0.313. The molecule has 0 bridgehead atoms. The zero-order chi connectivity index (χ0) is 22.8. The highest BCUT2D eigenvalue weighted by Gasteiger charge is 2.35. The van der Waals surface area contributed by atoms with E-state index in [1.54, 1.807) is 17.0 Å². The quantitative estimate of drug-likeness (QED) is 0.488. The maximum absolute atomic E-state index is 12.8. The van der Waals surface area contributed by atoms with Gasteiger partial charge in [0.2, 0.25) is 17.6 Å². The fourth-order valence-electron chi connectivity index (χ4n) is 3.91. The number of carbonyl (C=O) groups is 2. The van der Waals surface area contributed by atoms with E-state index in [9.17, 15) is 9.59 Å². The molecule has 4 aromatic rings. The molecule has 3 aromatic carbocycles. The first-order valence-corrected chi connectivity index (χ1v) is 10.7. The molecule has 0 aliphatic carbocycles. The van der Waals surface area contributed by atoms with E-state index in [0.717, 1.165) is 22.4 Å². The summed E-state index contributed by atoms with van der Waals surface area (Å²) in [5, 5.41) is 6.95. The Morgan fingerprint density at radius 1 is 1.00 bits per heavy atom. The van der Waals surface area contributed by atoms with Gasteiger partial charge in [-0.05, 0) is 48.9 Å². The summed E-state index contributed by atoms with van der Waals surface area (Å²) in [5.41, 5.74) is 4.18. The second-order valence-corrected chi connectivity index (χ2v) is 8.10. The molecule has 0 unspecified atom stereocenters. The smallest absolute Gasteiger partial charge is 0.258 e. The molecule has 164 valence electrons. The number of hydrogen-bond acceptors (Lipinski definition) is 5. The maximum atomic E-state index is 12.8. The van der Waals surface area contributed by atoms with Crippen LogP contribution in [0.25, 0.3) is 22.8 Å². The van der Waals surface area contributed by atoms with Crippen molar-refractivity contribution in [2.75, 3.05) is 16.8 Å². The molecule has 1 aromatic heterocycles. The van der Waals surface area contributed by atoms with Gasteiger partial charge in [0, 0.05) is 35.5 Å². The van der Waals surface area contributed by atoms with Crippen LogP contribution in [0.15, 0.2) is 83.4 Å². The third-order valence-electron chi connectivity index (χ3n) is 5.67. The number of aryl methyl sites for hydroxylation is 1. The van der Waals surface area contributed by atoms with Crippen LogP contribution in [0.1, 0.15) is 12.0 Å². The van der Waals surface area contributed by atoms with Crippen molar-refractivity contribution in [3.63, 3.8) is 0 Å². The zero-order valence-electron chi connectivity index (χ0n) is 18.1. The molecule has 1 saturated heterocycles. The van der Waals surface area contributed by atoms with Crippen LogP contribution in [0.5, 0.6) is 0 Å². The van der Waals surface area contributed by atoms with Gasteiger partial charge in [0.05, 0.1) is 5.92 Å². The lowest BCUT2D eigenvalue weighted by atomic mass is 10.1. The van der Waals surface area contributed by atoms with Crippen LogP contribution in [-0.4, -0.2) is 28.5 Å². The Kier molecular flexibility index (Phi) is 5.44. The van der Waals surface area contributed by atoms with Crippen molar-refractivity contribution in [2.24, 2.45) is 5.92 Å².